The lowest BCUT2D eigenvalue weighted by Crippen LogP contribution is -2.29. The fourth-order valence-corrected chi connectivity index (χ4v) is 7.44. The van der Waals surface area contributed by atoms with E-state index in [1.807, 2.05) is 6.08 Å². The molecule has 0 heterocycles. The smallest absolute Gasteiger partial charge is 0.462 e. The van der Waals surface area contributed by atoms with E-state index < -0.39 is 32.5 Å². The van der Waals surface area contributed by atoms with E-state index in [1.54, 1.807) is 0 Å². The minimum Gasteiger partial charge on any atom is -0.462 e. The number of esters is 2. The van der Waals surface area contributed by atoms with Gasteiger partial charge in [0.2, 0.25) is 0 Å². The lowest BCUT2D eigenvalue weighted by atomic mass is 10.0. The highest BCUT2D eigenvalue weighted by Gasteiger charge is 2.26. The number of allylic oxidation sites excluding steroid dienone is 22. The molecule has 3 N–H and O–H groups in total. The normalized spacial score (nSPS) is 14.2. The zero-order chi connectivity index (χ0) is 50.2. The highest BCUT2D eigenvalue weighted by molar-refractivity contribution is 7.47. The molecule has 0 rings (SSSR count). The molecule has 390 valence electrons. The van der Waals surface area contributed by atoms with Crippen LogP contribution in [0.1, 0.15) is 194 Å². The Labute approximate surface area is 421 Å². The number of carbonyl (C=O) groups excluding carboxylic acids is 2. The van der Waals surface area contributed by atoms with E-state index in [-0.39, 0.29) is 32.6 Å². The molecule has 0 aliphatic rings. The summed E-state index contributed by atoms with van der Waals surface area (Å²) in [6.07, 6.45) is 75.1. The van der Waals surface area contributed by atoms with Crippen molar-refractivity contribution in [2.75, 3.05) is 26.4 Å². The SMILES string of the molecule is CC/C=C\C/C=C\C/C=C\C/C=C\C/C=C\C/C=C\CCCCCCCCCCCCCCC(=O)OC(COC(=O)CCC/C=C\C/C=C\C/C=C\C/C=C\C/C=C\CC)COP(=O)(O)OCCN. The summed E-state index contributed by atoms with van der Waals surface area (Å²) >= 11 is 0. The van der Waals surface area contributed by atoms with Crippen molar-refractivity contribution in [1.29, 1.82) is 0 Å². The number of unbranched alkanes of at least 4 members (excludes halogenated alkanes) is 13. The maximum atomic E-state index is 12.7. The van der Waals surface area contributed by atoms with Crippen molar-refractivity contribution in [3.8, 4) is 0 Å². The number of hydrogen-bond acceptors (Lipinski definition) is 8. The molecule has 0 saturated heterocycles. The first-order valence-electron chi connectivity index (χ1n) is 26.7. The molecule has 0 aromatic carbocycles. The van der Waals surface area contributed by atoms with Crippen molar-refractivity contribution in [1.82, 2.24) is 0 Å². The van der Waals surface area contributed by atoms with Gasteiger partial charge in [-0.2, -0.15) is 0 Å². The van der Waals surface area contributed by atoms with Crippen LogP contribution in [0.3, 0.4) is 0 Å². The van der Waals surface area contributed by atoms with Crippen LogP contribution in [0.25, 0.3) is 0 Å². The second-order valence-corrected chi connectivity index (χ2v) is 18.4. The van der Waals surface area contributed by atoms with Gasteiger partial charge in [0, 0.05) is 19.4 Å². The maximum Gasteiger partial charge on any atom is 0.472 e. The average molecular weight is 978 g/mol. The molecule has 0 radical (unpaired) electrons. The first kappa shape index (κ1) is 65.1. The molecule has 69 heavy (non-hydrogen) atoms. The summed E-state index contributed by atoms with van der Waals surface area (Å²) < 4.78 is 32.9. The minimum atomic E-state index is -4.41. The topological polar surface area (TPSA) is 134 Å². The molecule has 0 aromatic heterocycles. The van der Waals surface area contributed by atoms with Gasteiger partial charge in [0.25, 0.3) is 0 Å². The molecule has 0 amide bonds. The molecule has 0 aliphatic carbocycles. The Hall–Kier alpha value is -3.85. The van der Waals surface area contributed by atoms with Crippen LogP contribution in [-0.4, -0.2) is 49.3 Å². The van der Waals surface area contributed by atoms with Crippen LogP contribution in [0.4, 0.5) is 0 Å². The third-order valence-electron chi connectivity index (χ3n) is 10.5. The largest absolute Gasteiger partial charge is 0.472 e. The summed E-state index contributed by atoms with van der Waals surface area (Å²) in [6, 6.07) is 0. The Morgan fingerprint density at radius 1 is 0.435 bits per heavy atom. The molecule has 0 fully saturated rings. The molecule has 0 spiro atoms. The summed E-state index contributed by atoms with van der Waals surface area (Å²) in [4.78, 5) is 35.1. The molecule has 10 heteroatoms. The molecular formula is C59H96NO8P. The van der Waals surface area contributed by atoms with Crippen LogP contribution >= 0.6 is 7.82 Å². The number of rotatable bonds is 48. The summed E-state index contributed by atoms with van der Waals surface area (Å²) in [7, 11) is -4.41. The summed E-state index contributed by atoms with van der Waals surface area (Å²) in [5, 5.41) is 0. The van der Waals surface area contributed by atoms with Gasteiger partial charge in [-0.15, -0.1) is 0 Å². The van der Waals surface area contributed by atoms with Gasteiger partial charge >= 0.3 is 19.8 Å². The fraction of sp³-hybridized carbons (Fsp3) is 0.593. The van der Waals surface area contributed by atoms with E-state index >= 15 is 0 Å². The van der Waals surface area contributed by atoms with Gasteiger partial charge in [-0.05, 0) is 103 Å². The van der Waals surface area contributed by atoms with Crippen molar-refractivity contribution >= 4 is 19.8 Å². The van der Waals surface area contributed by atoms with E-state index in [9.17, 15) is 19.0 Å². The Morgan fingerprint density at radius 2 is 0.768 bits per heavy atom. The zero-order valence-electron chi connectivity index (χ0n) is 43.2. The van der Waals surface area contributed by atoms with E-state index in [1.165, 1.54) is 57.8 Å². The third-order valence-corrected chi connectivity index (χ3v) is 11.5. The second kappa shape index (κ2) is 53.5. The summed E-state index contributed by atoms with van der Waals surface area (Å²) in [5.41, 5.74) is 5.37. The van der Waals surface area contributed by atoms with Crippen LogP contribution < -0.4 is 5.73 Å². The lowest BCUT2D eigenvalue weighted by Gasteiger charge is -2.19. The first-order chi connectivity index (χ1) is 33.8. The average Bonchev–Trinajstić information content (AvgIpc) is 3.34. The van der Waals surface area contributed by atoms with Crippen molar-refractivity contribution in [3.63, 3.8) is 0 Å². The Kier molecular flexibility index (Phi) is 50.5. The van der Waals surface area contributed by atoms with Gasteiger partial charge < -0.3 is 20.1 Å². The van der Waals surface area contributed by atoms with Crippen molar-refractivity contribution in [2.45, 2.75) is 200 Å². The van der Waals surface area contributed by atoms with E-state index in [0.29, 0.717) is 12.8 Å². The van der Waals surface area contributed by atoms with Gasteiger partial charge in [-0.25, -0.2) is 4.57 Å². The number of carbonyl (C=O) groups is 2. The maximum absolute atomic E-state index is 12.7. The highest BCUT2D eigenvalue weighted by Crippen LogP contribution is 2.43. The van der Waals surface area contributed by atoms with Crippen molar-refractivity contribution in [3.05, 3.63) is 134 Å². The Bertz CT molecular complexity index is 1580. The molecule has 0 bridgehead atoms. The molecule has 0 saturated carbocycles. The van der Waals surface area contributed by atoms with Crippen LogP contribution in [0.15, 0.2) is 134 Å². The van der Waals surface area contributed by atoms with Gasteiger partial charge in [0.15, 0.2) is 6.10 Å². The Balaban J connectivity index is 4.07. The molecule has 9 nitrogen and oxygen atoms in total. The van der Waals surface area contributed by atoms with Crippen LogP contribution in [0.5, 0.6) is 0 Å². The summed E-state index contributed by atoms with van der Waals surface area (Å²) in [5.74, 6) is -0.909. The zero-order valence-corrected chi connectivity index (χ0v) is 44.1. The standard InChI is InChI=1S/C59H96NO8P/c1-3-5-7-9-11-13-15-17-19-21-22-23-24-25-26-27-28-29-30-31-32-33-34-36-38-40-42-44-46-48-50-52-59(62)68-57(56-67-69(63,64)66-54-53-60)55-65-58(61)51-49-47-45-43-41-39-37-35-20-18-16-14-12-10-8-6-4-2/h5-8,11-14,17-20,22-23,25-26,28-29,37,39,43,45,57H,3-4,9-10,15-16,21,24,27,30-36,38,40-42,44,46-56,60H2,1-2H3,(H,63,64)/b7-5-,8-6-,13-11-,14-12-,19-17-,20-18-,23-22-,26-25-,29-28-,39-37-,45-43-. The summed E-state index contributed by atoms with van der Waals surface area (Å²) in [6.45, 7) is 3.42. The molecular weight excluding hydrogens is 882 g/mol. The van der Waals surface area contributed by atoms with E-state index in [4.69, 9.17) is 24.3 Å². The first-order valence-corrected chi connectivity index (χ1v) is 28.2. The van der Waals surface area contributed by atoms with Gasteiger partial charge in [-0.3, -0.25) is 18.6 Å². The number of phosphoric ester groups is 1. The van der Waals surface area contributed by atoms with E-state index in [2.05, 4.69) is 141 Å². The van der Waals surface area contributed by atoms with Crippen LogP contribution in [0, 0.1) is 0 Å². The van der Waals surface area contributed by atoms with Gasteiger partial charge in [0.1, 0.15) is 6.61 Å². The molecule has 2 unspecified atom stereocenters. The van der Waals surface area contributed by atoms with Crippen LogP contribution in [-0.2, 0) is 32.7 Å². The van der Waals surface area contributed by atoms with E-state index in [0.717, 1.165) is 96.3 Å². The fourth-order valence-electron chi connectivity index (χ4n) is 6.67. The molecule has 0 aliphatic heterocycles. The minimum absolute atomic E-state index is 0.0386. The second-order valence-electron chi connectivity index (χ2n) is 17.0. The number of phosphoric acid groups is 1. The number of nitrogens with two attached hydrogens (primary N) is 1. The van der Waals surface area contributed by atoms with Crippen molar-refractivity contribution < 1.29 is 37.6 Å². The predicted molar refractivity (Wildman–Crippen MR) is 293 cm³/mol. The monoisotopic (exact) mass is 978 g/mol. The van der Waals surface area contributed by atoms with Gasteiger partial charge in [-0.1, -0.05) is 212 Å². The highest BCUT2D eigenvalue weighted by atomic mass is 31.2. The van der Waals surface area contributed by atoms with Crippen LogP contribution in [0.2, 0.25) is 0 Å². The number of ether oxygens (including phenoxy) is 2. The predicted octanol–water partition coefficient (Wildman–Crippen LogP) is 16.6. The molecule has 0 aromatic rings. The lowest BCUT2D eigenvalue weighted by molar-refractivity contribution is -0.161. The molecule has 2 atom stereocenters. The Morgan fingerprint density at radius 3 is 1.16 bits per heavy atom. The van der Waals surface area contributed by atoms with Gasteiger partial charge in [0.05, 0.1) is 13.2 Å². The third kappa shape index (κ3) is 53.4. The quantitative estimate of drug-likeness (QED) is 0.0264. The number of hydrogen-bond donors (Lipinski definition) is 2. The van der Waals surface area contributed by atoms with Crippen molar-refractivity contribution in [2.24, 2.45) is 5.73 Å².